The van der Waals surface area contributed by atoms with E-state index >= 15 is 0 Å². The predicted octanol–water partition coefficient (Wildman–Crippen LogP) is 2.17. The number of nitrogens with zero attached hydrogens (tertiary/aromatic N) is 3. The Labute approximate surface area is 136 Å². The normalized spacial score (nSPS) is 25.8. The van der Waals surface area contributed by atoms with Crippen LogP contribution in [0.15, 0.2) is 35.4 Å². The number of thioether (sulfide) groups is 1. The topological polar surface area (TPSA) is 53.0 Å². The van der Waals surface area contributed by atoms with Gasteiger partial charge in [0.2, 0.25) is 10.0 Å². The first-order chi connectivity index (χ1) is 10.5. The van der Waals surface area contributed by atoms with Crippen LogP contribution < -0.4 is 0 Å². The fourth-order valence-corrected chi connectivity index (χ4v) is 5.22. The van der Waals surface area contributed by atoms with Gasteiger partial charge in [-0.05, 0) is 19.3 Å². The van der Waals surface area contributed by atoms with Crippen LogP contribution in [0.5, 0.6) is 0 Å². The van der Waals surface area contributed by atoms with Crippen molar-refractivity contribution in [1.82, 2.24) is 9.31 Å². The molecule has 5 nitrogen and oxygen atoms in total. The summed E-state index contributed by atoms with van der Waals surface area (Å²) in [6.45, 7) is 0.948. The number of benzene rings is 1. The number of likely N-dealkylation sites (N-methyl/N-ethyl adjacent to an activating group) is 1. The summed E-state index contributed by atoms with van der Waals surface area (Å²) in [5, 5.41) is 6.95. The van der Waals surface area contributed by atoms with Crippen LogP contribution in [0.1, 0.15) is 24.8 Å². The van der Waals surface area contributed by atoms with Gasteiger partial charge >= 0.3 is 0 Å². The van der Waals surface area contributed by atoms with Crippen molar-refractivity contribution in [3.8, 4) is 0 Å². The standard InChI is InChI=1S/C15H21N3O2S2/c1-17(22(2,19)20)15-14(12-8-4-3-5-9-12)16-18-11-7-6-10-13(18)21-15/h3-5,8-9,13,15H,6-7,10-11H2,1-2H3. The van der Waals surface area contributed by atoms with Gasteiger partial charge in [-0.3, -0.25) is 5.01 Å². The number of fused-ring (bicyclic) bond motifs is 1. The average molecular weight is 339 g/mol. The first-order valence-electron chi connectivity index (χ1n) is 7.46. The van der Waals surface area contributed by atoms with Gasteiger partial charge in [0.25, 0.3) is 0 Å². The third kappa shape index (κ3) is 3.16. The van der Waals surface area contributed by atoms with Gasteiger partial charge in [-0.25, -0.2) is 8.42 Å². The van der Waals surface area contributed by atoms with Crippen LogP contribution in [-0.2, 0) is 10.0 Å². The van der Waals surface area contributed by atoms with Crippen molar-refractivity contribution in [1.29, 1.82) is 0 Å². The molecule has 0 N–H and O–H groups in total. The molecule has 120 valence electrons. The number of piperidine rings is 1. The third-order valence-corrected chi connectivity index (χ3v) is 7.08. The maximum Gasteiger partial charge on any atom is 0.212 e. The second kappa shape index (κ2) is 6.22. The minimum Gasteiger partial charge on any atom is -0.284 e. The van der Waals surface area contributed by atoms with Crippen molar-refractivity contribution < 1.29 is 8.42 Å². The molecule has 0 radical (unpaired) electrons. The highest BCUT2D eigenvalue weighted by molar-refractivity contribution is 8.02. The highest BCUT2D eigenvalue weighted by Gasteiger charge is 2.38. The Bertz CT molecular complexity index is 661. The Balaban J connectivity index is 2.01. The van der Waals surface area contributed by atoms with Crippen LogP contribution in [0.3, 0.4) is 0 Å². The Hall–Kier alpha value is -1.05. The van der Waals surface area contributed by atoms with Gasteiger partial charge in [0.15, 0.2) is 0 Å². The summed E-state index contributed by atoms with van der Waals surface area (Å²) < 4.78 is 25.5. The smallest absolute Gasteiger partial charge is 0.212 e. The monoisotopic (exact) mass is 339 g/mol. The number of sulfonamides is 1. The number of hydrogen-bond acceptors (Lipinski definition) is 5. The molecule has 0 aromatic heterocycles. The van der Waals surface area contributed by atoms with Crippen LogP contribution in [0.2, 0.25) is 0 Å². The van der Waals surface area contributed by atoms with E-state index in [4.69, 9.17) is 5.10 Å². The summed E-state index contributed by atoms with van der Waals surface area (Å²) in [5.74, 6) is 0. The highest BCUT2D eigenvalue weighted by Crippen LogP contribution is 2.37. The maximum absolute atomic E-state index is 12.0. The van der Waals surface area contributed by atoms with Crippen molar-refractivity contribution in [2.75, 3.05) is 19.8 Å². The number of rotatable bonds is 3. The van der Waals surface area contributed by atoms with Crippen molar-refractivity contribution in [3.63, 3.8) is 0 Å². The molecule has 3 rings (SSSR count). The molecule has 2 unspecified atom stereocenters. The lowest BCUT2D eigenvalue weighted by Gasteiger charge is -2.42. The van der Waals surface area contributed by atoms with Crippen LogP contribution in [0, 0.1) is 0 Å². The molecule has 1 saturated heterocycles. The summed E-state index contributed by atoms with van der Waals surface area (Å²) in [7, 11) is -1.63. The molecule has 0 saturated carbocycles. The van der Waals surface area contributed by atoms with Gasteiger partial charge in [-0.2, -0.15) is 9.41 Å². The minimum absolute atomic E-state index is 0.267. The first kappa shape index (κ1) is 15.8. The molecule has 2 aliphatic rings. The van der Waals surface area contributed by atoms with E-state index in [0.717, 1.165) is 30.7 Å². The van der Waals surface area contributed by atoms with E-state index in [1.807, 2.05) is 30.3 Å². The Morgan fingerprint density at radius 2 is 2.00 bits per heavy atom. The van der Waals surface area contributed by atoms with E-state index in [1.54, 1.807) is 18.8 Å². The largest absolute Gasteiger partial charge is 0.284 e. The SMILES string of the molecule is CN(C1SC2CCCCN2N=C1c1ccccc1)S(C)(=O)=O. The second-order valence-corrected chi connectivity index (χ2v) is 9.04. The molecule has 2 aliphatic heterocycles. The average Bonchev–Trinajstić information content (AvgIpc) is 2.53. The van der Waals surface area contributed by atoms with Crippen molar-refractivity contribution >= 4 is 27.5 Å². The van der Waals surface area contributed by atoms with Gasteiger partial charge in [-0.15, -0.1) is 11.8 Å². The van der Waals surface area contributed by atoms with Crippen molar-refractivity contribution in [2.24, 2.45) is 5.10 Å². The summed E-state index contributed by atoms with van der Waals surface area (Å²) in [4.78, 5) is 0. The predicted molar refractivity (Wildman–Crippen MR) is 91.3 cm³/mol. The van der Waals surface area contributed by atoms with Gasteiger partial charge in [-0.1, -0.05) is 30.3 Å². The van der Waals surface area contributed by atoms with E-state index in [1.165, 1.54) is 17.0 Å². The summed E-state index contributed by atoms with van der Waals surface area (Å²) >= 11 is 1.70. The van der Waals surface area contributed by atoms with Crippen LogP contribution in [0.25, 0.3) is 0 Å². The molecule has 0 amide bonds. The summed E-state index contributed by atoms with van der Waals surface area (Å²) in [6, 6.07) is 9.86. The third-order valence-electron chi connectivity index (χ3n) is 4.10. The lowest BCUT2D eigenvalue weighted by Crippen LogP contribution is -2.48. The van der Waals surface area contributed by atoms with E-state index in [-0.39, 0.29) is 10.7 Å². The minimum atomic E-state index is -3.27. The van der Waals surface area contributed by atoms with Gasteiger partial charge in [0.1, 0.15) is 5.37 Å². The lowest BCUT2D eigenvalue weighted by molar-refractivity contribution is 0.209. The van der Waals surface area contributed by atoms with Crippen LogP contribution in [0.4, 0.5) is 0 Å². The molecule has 2 heterocycles. The van der Waals surface area contributed by atoms with E-state index in [9.17, 15) is 8.42 Å². The molecule has 0 aliphatic carbocycles. The fourth-order valence-electron chi connectivity index (χ4n) is 2.78. The van der Waals surface area contributed by atoms with E-state index < -0.39 is 10.0 Å². The zero-order valence-electron chi connectivity index (χ0n) is 12.8. The molecule has 22 heavy (non-hydrogen) atoms. The number of hydrazone groups is 1. The summed E-state index contributed by atoms with van der Waals surface area (Å²) in [6.07, 6.45) is 4.64. The van der Waals surface area contributed by atoms with E-state index in [2.05, 4.69) is 5.01 Å². The van der Waals surface area contributed by atoms with Crippen molar-refractivity contribution in [3.05, 3.63) is 35.9 Å². The van der Waals surface area contributed by atoms with Gasteiger partial charge in [0, 0.05) is 19.2 Å². The molecule has 0 bridgehead atoms. The molecule has 7 heteroatoms. The summed E-state index contributed by atoms with van der Waals surface area (Å²) in [5.41, 5.74) is 1.82. The molecular weight excluding hydrogens is 318 g/mol. The first-order valence-corrected chi connectivity index (χ1v) is 10.2. The van der Waals surface area contributed by atoms with Gasteiger partial charge < -0.3 is 0 Å². The molecule has 0 spiro atoms. The maximum atomic E-state index is 12.0. The Kier molecular flexibility index (Phi) is 4.47. The number of hydrogen-bond donors (Lipinski definition) is 0. The highest BCUT2D eigenvalue weighted by atomic mass is 32.2. The van der Waals surface area contributed by atoms with Crippen LogP contribution >= 0.6 is 11.8 Å². The van der Waals surface area contributed by atoms with Gasteiger partial charge in [0.05, 0.1) is 17.3 Å². The zero-order chi connectivity index (χ0) is 15.7. The Morgan fingerprint density at radius 3 is 2.68 bits per heavy atom. The second-order valence-electron chi connectivity index (χ2n) is 5.73. The Morgan fingerprint density at radius 1 is 1.27 bits per heavy atom. The zero-order valence-corrected chi connectivity index (χ0v) is 14.5. The molecule has 2 atom stereocenters. The van der Waals surface area contributed by atoms with Crippen molar-refractivity contribution in [2.45, 2.75) is 30.0 Å². The quantitative estimate of drug-likeness (QED) is 0.847. The van der Waals surface area contributed by atoms with E-state index in [0.29, 0.717) is 0 Å². The molecule has 1 fully saturated rings. The fraction of sp³-hybridized carbons (Fsp3) is 0.533. The lowest BCUT2D eigenvalue weighted by atomic mass is 10.1. The van der Waals surface area contributed by atoms with Crippen LogP contribution in [-0.4, -0.2) is 54.0 Å². The molecule has 1 aromatic carbocycles. The molecular formula is C15H21N3O2S2. The molecule has 1 aromatic rings.